The van der Waals surface area contributed by atoms with Gasteiger partial charge in [-0.2, -0.15) is 0 Å². The Kier molecular flexibility index (Phi) is 2.68. The van der Waals surface area contributed by atoms with E-state index >= 15 is 0 Å². The molecule has 1 saturated heterocycles. The van der Waals surface area contributed by atoms with Crippen LogP contribution in [-0.4, -0.2) is 37.5 Å². The molecule has 1 aliphatic heterocycles. The van der Waals surface area contributed by atoms with E-state index in [1.165, 1.54) is 5.69 Å². The van der Waals surface area contributed by atoms with Gasteiger partial charge in [0, 0.05) is 31.9 Å². The molecule has 3 nitrogen and oxygen atoms in total. The van der Waals surface area contributed by atoms with Gasteiger partial charge in [0.15, 0.2) is 0 Å². The molecule has 0 atom stereocenters. The van der Waals surface area contributed by atoms with Crippen LogP contribution in [0.5, 0.6) is 0 Å². The number of carbonyl (C=O) groups is 1. The highest BCUT2D eigenvalue weighted by atomic mass is 16.1. The molecule has 1 heterocycles. The van der Waals surface area contributed by atoms with Crippen LogP contribution in [0, 0.1) is 6.07 Å². The van der Waals surface area contributed by atoms with Crippen LogP contribution in [0.4, 0.5) is 5.69 Å². The smallest absolute Gasteiger partial charge is 0.209 e. The molecular weight excluding hydrogens is 176 g/mol. The SMILES string of the molecule is O=CN1CCN(c2cc[c]cc2)CC1. The first-order valence-corrected chi connectivity index (χ1v) is 4.80. The van der Waals surface area contributed by atoms with E-state index in [1.54, 1.807) is 0 Å². The number of piperazine rings is 1. The molecule has 3 heteroatoms. The number of amides is 1. The molecule has 1 aliphatic rings. The lowest BCUT2D eigenvalue weighted by molar-refractivity contribution is -0.118. The van der Waals surface area contributed by atoms with Gasteiger partial charge in [0.25, 0.3) is 0 Å². The minimum absolute atomic E-state index is 0.822. The lowest BCUT2D eigenvalue weighted by atomic mass is 10.2. The van der Waals surface area contributed by atoms with Gasteiger partial charge in [0.1, 0.15) is 0 Å². The Morgan fingerprint density at radius 3 is 2.36 bits per heavy atom. The summed E-state index contributed by atoms with van der Waals surface area (Å²) in [7, 11) is 0. The van der Waals surface area contributed by atoms with Crippen LogP contribution >= 0.6 is 0 Å². The standard InChI is InChI=1S/C11H13N2O/c14-10-12-6-8-13(9-7-12)11-4-2-1-3-5-11/h2-5,10H,6-9H2. The number of rotatable bonds is 2. The fourth-order valence-corrected chi connectivity index (χ4v) is 1.67. The molecule has 0 unspecified atom stereocenters. The lowest BCUT2D eigenvalue weighted by Gasteiger charge is -2.34. The van der Waals surface area contributed by atoms with Crippen LogP contribution < -0.4 is 4.90 Å². The van der Waals surface area contributed by atoms with Crippen molar-refractivity contribution in [3.05, 3.63) is 30.3 Å². The monoisotopic (exact) mass is 189 g/mol. The number of benzene rings is 1. The van der Waals surface area contributed by atoms with Gasteiger partial charge in [-0.05, 0) is 18.2 Å². The van der Waals surface area contributed by atoms with Crippen molar-refractivity contribution in [3.63, 3.8) is 0 Å². The van der Waals surface area contributed by atoms with E-state index in [4.69, 9.17) is 0 Å². The minimum atomic E-state index is 0.822. The van der Waals surface area contributed by atoms with Crippen LogP contribution in [0.1, 0.15) is 0 Å². The van der Waals surface area contributed by atoms with E-state index < -0.39 is 0 Å². The molecule has 1 aromatic rings. The van der Waals surface area contributed by atoms with Crippen LogP contribution in [0.25, 0.3) is 0 Å². The van der Waals surface area contributed by atoms with E-state index in [0.29, 0.717) is 0 Å². The normalized spacial score (nSPS) is 16.9. The van der Waals surface area contributed by atoms with Gasteiger partial charge in [-0.15, -0.1) is 0 Å². The number of hydrogen-bond donors (Lipinski definition) is 0. The summed E-state index contributed by atoms with van der Waals surface area (Å²) in [4.78, 5) is 14.6. The molecular formula is C11H13N2O. The Bertz CT molecular complexity index is 291. The summed E-state index contributed by atoms with van der Waals surface area (Å²) in [6.07, 6.45) is 0.927. The Morgan fingerprint density at radius 2 is 1.79 bits per heavy atom. The van der Waals surface area contributed by atoms with E-state index in [9.17, 15) is 4.79 Å². The maximum atomic E-state index is 10.5. The van der Waals surface area contributed by atoms with E-state index in [-0.39, 0.29) is 0 Å². The Labute approximate surface area is 83.9 Å². The highest BCUT2D eigenvalue weighted by molar-refractivity contribution is 5.50. The number of anilines is 1. The first kappa shape index (κ1) is 9.06. The Balaban J connectivity index is 1.99. The summed E-state index contributed by atoms with van der Waals surface area (Å²) < 4.78 is 0. The third-order valence-corrected chi connectivity index (χ3v) is 2.53. The second kappa shape index (κ2) is 4.13. The average molecular weight is 189 g/mol. The fourth-order valence-electron chi connectivity index (χ4n) is 1.67. The largest absolute Gasteiger partial charge is 0.368 e. The molecule has 73 valence electrons. The topological polar surface area (TPSA) is 23.6 Å². The number of nitrogens with zero attached hydrogens (tertiary/aromatic N) is 2. The van der Waals surface area contributed by atoms with Crippen molar-refractivity contribution in [3.8, 4) is 0 Å². The highest BCUT2D eigenvalue weighted by Crippen LogP contribution is 2.14. The quantitative estimate of drug-likeness (QED) is 0.641. The van der Waals surface area contributed by atoms with Crippen molar-refractivity contribution in [2.75, 3.05) is 31.1 Å². The minimum Gasteiger partial charge on any atom is -0.368 e. The van der Waals surface area contributed by atoms with Gasteiger partial charge in [0.05, 0.1) is 0 Å². The van der Waals surface area contributed by atoms with Crippen molar-refractivity contribution >= 4 is 12.1 Å². The number of carbonyl (C=O) groups excluding carboxylic acids is 1. The van der Waals surface area contributed by atoms with Crippen molar-refractivity contribution in [2.24, 2.45) is 0 Å². The van der Waals surface area contributed by atoms with Crippen molar-refractivity contribution in [2.45, 2.75) is 0 Å². The highest BCUT2D eigenvalue weighted by Gasteiger charge is 2.14. The van der Waals surface area contributed by atoms with Crippen LogP contribution in [0.2, 0.25) is 0 Å². The molecule has 0 aliphatic carbocycles. The molecule has 0 aromatic heterocycles. The predicted molar refractivity (Wildman–Crippen MR) is 55.1 cm³/mol. The van der Waals surface area contributed by atoms with Crippen molar-refractivity contribution < 1.29 is 4.79 Å². The van der Waals surface area contributed by atoms with Crippen molar-refractivity contribution in [1.29, 1.82) is 0 Å². The zero-order valence-electron chi connectivity index (χ0n) is 8.02. The second-order valence-corrected chi connectivity index (χ2v) is 3.39. The van der Waals surface area contributed by atoms with Gasteiger partial charge < -0.3 is 9.80 Å². The molecule has 1 aromatic carbocycles. The van der Waals surface area contributed by atoms with Crippen LogP contribution in [0.3, 0.4) is 0 Å². The third kappa shape index (κ3) is 1.87. The molecule has 1 amide bonds. The summed E-state index contributed by atoms with van der Waals surface area (Å²) in [5, 5.41) is 0. The maximum Gasteiger partial charge on any atom is 0.209 e. The molecule has 2 rings (SSSR count). The molecule has 1 radical (unpaired) electrons. The van der Waals surface area contributed by atoms with E-state index in [0.717, 1.165) is 32.6 Å². The molecule has 0 N–H and O–H groups in total. The lowest BCUT2D eigenvalue weighted by Crippen LogP contribution is -2.45. The third-order valence-electron chi connectivity index (χ3n) is 2.53. The van der Waals surface area contributed by atoms with Gasteiger partial charge in [-0.25, -0.2) is 0 Å². The van der Waals surface area contributed by atoms with Crippen LogP contribution in [-0.2, 0) is 4.79 Å². The van der Waals surface area contributed by atoms with E-state index in [2.05, 4.69) is 23.1 Å². The summed E-state index contributed by atoms with van der Waals surface area (Å²) in [5.41, 5.74) is 1.22. The first-order chi connectivity index (χ1) is 6.90. The fraction of sp³-hybridized carbons (Fsp3) is 0.364. The molecule has 0 bridgehead atoms. The Morgan fingerprint density at radius 1 is 1.14 bits per heavy atom. The molecule has 0 spiro atoms. The second-order valence-electron chi connectivity index (χ2n) is 3.39. The van der Waals surface area contributed by atoms with Gasteiger partial charge >= 0.3 is 0 Å². The molecule has 1 fully saturated rings. The zero-order valence-corrected chi connectivity index (χ0v) is 8.02. The van der Waals surface area contributed by atoms with Crippen molar-refractivity contribution in [1.82, 2.24) is 4.90 Å². The summed E-state index contributed by atoms with van der Waals surface area (Å²) in [5.74, 6) is 0. The van der Waals surface area contributed by atoms with E-state index in [1.807, 2.05) is 17.0 Å². The number of hydrogen-bond acceptors (Lipinski definition) is 2. The maximum absolute atomic E-state index is 10.5. The Hall–Kier alpha value is -1.51. The summed E-state index contributed by atoms with van der Waals surface area (Å²) >= 11 is 0. The summed E-state index contributed by atoms with van der Waals surface area (Å²) in [6, 6.07) is 10.9. The molecule has 14 heavy (non-hydrogen) atoms. The predicted octanol–water partition coefficient (Wildman–Crippen LogP) is 0.765. The zero-order chi connectivity index (χ0) is 9.80. The van der Waals surface area contributed by atoms with Gasteiger partial charge in [-0.1, -0.05) is 12.1 Å². The van der Waals surface area contributed by atoms with Gasteiger partial charge in [-0.3, -0.25) is 4.79 Å². The molecule has 0 saturated carbocycles. The first-order valence-electron chi connectivity index (χ1n) is 4.80. The average Bonchev–Trinajstić information content (AvgIpc) is 2.30. The van der Waals surface area contributed by atoms with Crippen LogP contribution in [0.15, 0.2) is 24.3 Å². The summed E-state index contributed by atoms with van der Waals surface area (Å²) in [6.45, 7) is 3.48. The van der Waals surface area contributed by atoms with Gasteiger partial charge in [0.2, 0.25) is 6.41 Å².